The van der Waals surface area contributed by atoms with Crippen LogP contribution in [0.15, 0.2) is 23.3 Å². The van der Waals surface area contributed by atoms with E-state index in [1.54, 1.807) is 0 Å². The highest BCUT2D eigenvalue weighted by molar-refractivity contribution is 5.95. The highest BCUT2D eigenvalue weighted by Gasteiger charge is 2.66. The number of carbonyl (C=O) groups excluding carboxylic acids is 1. The number of aliphatic hydroxyl groups is 1. The third-order valence-electron chi connectivity index (χ3n) is 11.2. The minimum Gasteiger partial charge on any atom is -0.392 e. The molecule has 0 aromatic heterocycles. The summed E-state index contributed by atoms with van der Waals surface area (Å²) >= 11 is 0. The van der Waals surface area contributed by atoms with E-state index in [4.69, 9.17) is 0 Å². The maximum atomic E-state index is 13.7. The van der Waals surface area contributed by atoms with Crippen molar-refractivity contribution in [3.05, 3.63) is 23.3 Å². The number of hydrogen-bond donors (Lipinski definition) is 1. The van der Waals surface area contributed by atoms with Gasteiger partial charge in [0.1, 0.15) is 0 Å². The number of rotatable bonds is 4. The van der Waals surface area contributed by atoms with Gasteiger partial charge in [0.05, 0.1) is 6.10 Å². The summed E-state index contributed by atoms with van der Waals surface area (Å²) in [6.45, 7) is 11.9. The van der Waals surface area contributed by atoms with Crippen LogP contribution in [0.2, 0.25) is 0 Å². The van der Waals surface area contributed by atoms with Gasteiger partial charge in [0, 0.05) is 11.3 Å². The molecule has 0 heterocycles. The summed E-state index contributed by atoms with van der Waals surface area (Å²) < 4.78 is 0. The Morgan fingerprint density at radius 1 is 1.10 bits per heavy atom. The van der Waals surface area contributed by atoms with Crippen molar-refractivity contribution >= 4 is 5.78 Å². The average molecular weight is 425 g/mol. The molecule has 0 bridgehead atoms. The summed E-state index contributed by atoms with van der Waals surface area (Å²) in [5.41, 5.74) is 3.22. The lowest BCUT2D eigenvalue weighted by Gasteiger charge is -2.59. The van der Waals surface area contributed by atoms with Gasteiger partial charge in [0.2, 0.25) is 0 Å². The van der Waals surface area contributed by atoms with Crippen LogP contribution in [0.1, 0.15) is 98.8 Å². The third kappa shape index (κ3) is 3.10. The first kappa shape index (κ1) is 21.9. The van der Waals surface area contributed by atoms with Gasteiger partial charge >= 0.3 is 0 Å². The Bertz CT molecular complexity index is 813. The molecule has 0 unspecified atom stereocenters. The van der Waals surface area contributed by atoms with Crippen LogP contribution in [0.25, 0.3) is 0 Å². The van der Waals surface area contributed by atoms with Gasteiger partial charge in [0.15, 0.2) is 5.78 Å². The standard InChI is InChI=1S/C29H44O2/c1-18(2)7-6-8-19(3)20-9-10-21-26-22(11-13-27(20,21)4)28(5)14-12-25(31)29(15-16-29)24(28)17-23(26)30/h7,17,19-22,25-26,31H,6,8-16H2,1-5H3/t19-,20-,21+,22+,25-,26+,27-,28-/m1/s1. The topological polar surface area (TPSA) is 37.3 Å². The van der Waals surface area contributed by atoms with E-state index in [0.29, 0.717) is 23.0 Å². The smallest absolute Gasteiger partial charge is 0.159 e. The zero-order chi connectivity index (χ0) is 22.2. The molecule has 5 aliphatic rings. The van der Waals surface area contributed by atoms with Crippen LogP contribution < -0.4 is 0 Å². The zero-order valence-electron chi connectivity index (χ0n) is 20.5. The van der Waals surface area contributed by atoms with Crippen molar-refractivity contribution in [2.75, 3.05) is 0 Å². The summed E-state index contributed by atoms with van der Waals surface area (Å²) in [4.78, 5) is 13.7. The quantitative estimate of drug-likeness (QED) is 0.500. The molecule has 2 heteroatoms. The van der Waals surface area contributed by atoms with Crippen molar-refractivity contribution in [1.82, 2.24) is 0 Å². The molecule has 172 valence electrons. The van der Waals surface area contributed by atoms with Gasteiger partial charge in [0.25, 0.3) is 0 Å². The van der Waals surface area contributed by atoms with Crippen molar-refractivity contribution in [2.24, 2.45) is 45.8 Å². The van der Waals surface area contributed by atoms with Gasteiger partial charge in [-0.1, -0.05) is 38.0 Å². The first-order chi connectivity index (χ1) is 14.6. The van der Waals surface area contributed by atoms with Crippen LogP contribution in [0.4, 0.5) is 0 Å². The van der Waals surface area contributed by atoms with E-state index in [0.717, 1.165) is 37.5 Å². The van der Waals surface area contributed by atoms with E-state index in [-0.39, 0.29) is 22.9 Å². The average Bonchev–Trinajstić information content (AvgIpc) is 3.42. The molecule has 4 fully saturated rings. The predicted octanol–water partition coefficient (Wildman–Crippen LogP) is 6.88. The van der Waals surface area contributed by atoms with Crippen molar-refractivity contribution in [2.45, 2.75) is 105 Å². The van der Waals surface area contributed by atoms with Crippen LogP contribution >= 0.6 is 0 Å². The molecule has 0 saturated heterocycles. The van der Waals surface area contributed by atoms with E-state index in [1.807, 2.05) is 0 Å². The van der Waals surface area contributed by atoms with Crippen LogP contribution in [0, 0.1) is 45.8 Å². The normalized spacial score (nSPS) is 45.9. The van der Waals surface area contributed by atoms with Crippen LogP contribution in [0.3, 0.4) is 0 Å². The van der Waals surface area contributed by atoms with E-state index in [1.165, 1.54) is 49.7 Å². The number of hydrogen-bond acceptors (Lipinski definition) is 2. The monoisotopic (exact) mass is 424 g/mol. The number of carbonyl (C=O) groups is 1. The number of allylic oxidation sites excluding steroid dienone is 3. The Kier molecular flexibility index (Phi) is 5.17. The van der Waals surface area contributed by atoms with Crippen molar-refractivity contribution in [3.63, 3.8) is 0 Å². The minimum atomic E-state index is -0.220. The molecular formula is C29H44O2. The Labute approximate surface area is 190 Å². The molecule has 0 amide bonds. The molecule has 0 radical (unpaired) electrons. The molecule has 1 spiro atoms. The van der Waals surface area contributed by atoms with Crippen molar-refractivity contribution in [3.8, 4) is 0 Å². The fourth-order valence-corrected chi connectivity index (χ4v) is 9.33. The Balaban J connectivity index is 1.42. The third-order valence-corrected chi connectivity index (χ3v) is 11.2. The molecule has 2 nitrogen and oxygen atoms in total. The molecule has 0 aromatic rings. The van der Waals surface area contributed by atoms with Gasteiger partial charge in [-0.15, -0.1) is 0 Å². The largest absolute Gasteiger partial charge is 0.392 e. The number of fused-ring (bicyclic) bond motifs is 6. The lowest BCUT2D eigenvalue weighted by molar-refractivity contribution is -0.136. The fourth-order valence-electron chi connectivity index (χ4n) is 9.33. The van der Waals surface area contributed by atoms with Crippen LogP contribution in [0.5, 0.6) is 0 Å². The van der Waals surface area contributed by atoms with Gasteiger partial charge < -0.3 is 5.11 Å². The van der Waals surface area contributed by atoms with Gasteiger partial charge in [-0.05, 0) is 119 Å². The molecule has 5 aliphatic carbocycles. The van der Waals surface area contributed by atoms with E-state index >= 15 is 0 Å². The number of aliphatic hydroxyl groups excluding tert-OH is 1. The zero-order valence-corrected chi connectivity index (χ0v) is 20.5. The van der Waals surface area contributed by atoms with Crippen LogP contribution in [-0.2, 0) is 4.79 Å². The molecule has 4 saturated carbocycles. The maximum Gasteiger partial charge on any atom is 0.159 e. The van der Waals surface area contributed by atoms with E-state index in [9.17, 15) is 9.90 Å². The molecule has 1 N–H and O–H groups in total. The predicted molar refractivity (Wildman–Crippen MR) is 126 cm³/mol. The lowest BCUT2D eigenvalue weighted by Crippen LogP contribution is -2.55. The lowest BCUT2D eigenvalue weighted by atomic mass is 9.45. The molecule has 31 heavy (non-hydrogen) atoms. The number of ketones is 1. The summed E-state index contributed by atoms with van der Waals surface area (Å²) in [5.74, 6) is 3.22. The maximum absolute atomic E-state index is 13.7. The Morgan fingerprint density at radius 3 is 2.52 bits per heavy atom. The van der Waals surface area contributed by atoms with Crippen LogP contribution in [-0.4, -0.2) is 17.0 Å². The molecule has 8 atom stereocenters. The second-order valence-corrected chi connectivity index (χ2v) is 12.9. The summed E-state index contributed by atoms with van der Waals surface area (Å²) in [6.07, 6.45) is 16.0. The van der Waals surface area contributed by atoms with Crippen molar-refractivity contribution < 1.29 is 9.90 Å². The summed E-state index contributed by atoms with van der Waals surface area (Å²) in [5, 5.41) is 10.8. The second kappa shape index (κ2) is 7.31. The molecule has 0 aliphatic heterocycles. The van der Waals surface area contributed by atoms with Crippen molar-refractivity contribution in [1.29, 1.82) is 0 Å². The Morgan fingerprint density at radius 2 is 1.84 bits per heavy atom. The van der Waals surface area contributed by atoms with Gasteiger partial charge in [-0.2, -0.15) is 0 Å². The minimum absolute atomic E-state index is 0.0357. The molecule has 5 rings (SSSR count). The summed E-state index contributed by atoms with van der Waals surface area (Å²) in [7, 11) is 0. The first-order valence-electron chi connectivity index (χ1n) is 13.2. The second-order valence-electron chi connectivity index (χ2n) is 12.9. The highest BCUT2D eigenvalue weighted by atomic mass is 16.3. The highest BCUT2D eigenvalue weighted by Crippen LogP contribution is 2.72. The Hall–Kier alpha value is -0.890. The fraction of sp³-hybridized carbons (Fsp3) is 0.828. The SMILES string of the molecule is CC(C)=CCC[C@@H](C)[C@H]1CC[C@H]2[C@@H]3C(=O)C=C4C5(CC5)[C@H](O)CC[C@]4(C)[C@H]3CC[C@]12C. The summed E-state index contributed by atoms with van der Waals surface area (Å²) in [6, 6.07) is 0. The molecule has 0 aromatic carbocycles. The first-order valence-corrected chi connectivity index (χ1v) is 13.2. The van der Waals surface area contributed by atoms with Gasteiger partial charge in [-0.25, -0.2) is 0 Å². The van der Waals surface area contributed by atoms with E-state index in [2.05, 4.69) is 46.8 Å². The van der Waals surface area contributed by atoms with E-state index < -0.39 is 0 Å². The molecular weight excluding hydrogens is 380 g/mol. The van der Waals surface area contributed by atoms with Gasteiger partial charge in [-0.3, -0.25) is 4.79 Å².